The monoisotopic (exact) mass is 277 g/mol. The SMILES string of the molecule is Cn1cncc1CN1C(C(=O)O)CCC2CCCCC21. The topological polar surface area (TPSA) is 58.4 Å². The minimum Gasteiger partial charge on any atom is -0.480 e. The van der Waals surface area contributed by atoms with Crippen LogP contribution in [0.2, 0.25) is 0 Å². The maximum Gasteiger partial charge on any atom is 0.320 e. The quantitative estimate of drug-likeness (QED) is 0.918. The Morgan fingerprint density at radius 2 is 2.15 bits per heavy atom. The van der Waals surface area contributed by atoms with Crippen LogP contribution in [0.1, 0.15) is 44.2 Å². The molecule has 3 unspecified atom stereocenters. The Hall–Kier alpha value is -1.36. The second-order valence-corrected chi connectivity index (χ2v) is 6.21. The van der Waals surface area contributed by atoms with E-state index in [-0.39, 0.29) is 6.04 Å². The highest BCUT2D eigenvalue weighted by atomic mass is 16.4. The zero-order valence-electron chi connectivity index (χ0n) is 12.0. The molecule has 1 N–H and O–H groups in total. The first-order chi connectivity index (χ1) is 9.66. The van der Waals surface area contributed by atoms with Gasteiger partial charge in [-0.1, -0.05) is 12.8 Å². The predicted molar refractivity (Wildman–Crippen MR) is 75.2 cm³/mol. The zero-order valence-corrected chi connectivity index (χ0v) is 12.0. The lowest BCUT2D eigenvalue weighted by atomic mass is 9.76. The molecule has 5 nitrogen and oxygen atoms in total. The van der Waals surface area contributed by atoms with Crippen molar-refractivity contribution in [1.82, 2.24) is 14.5 Å². The lowest BCUT2D eigenvalue weighted by Crippen LogP contribution is -2.54. The lowest BCUT2D eigenvalue weighted by Gasteiger charge is -2.47. The summed E-state index contributed by atoms with van der Waals surface area (Å²) in [5.74, 6) is 0.0174. The molecule has 110 valence electrons. The molecule has 0 bridgehead atoms. The van der Waals surface area contributed by atoms with Crippen LogP contribution in [0.15, 0.2) is 12.5 Å². The van der Waals surface area contributed by atoms with Gasteiger partial charge < -0.3 is 9.67 Å². The van der Waals surface area contributed by atoms with Crippen LogP contribution in [0.25, 0.3) is 0 Å². The molecule has 0 aromatic carbocycles. The molecule has 1 aromatic heterocycles. The van der Waals surface area contributed by atoms with Gasteiger partial charge in [-0.05, 0) is 31.6 Å². The van der Waals surface area contributed by atoms with E-state index in [1.807, 2.05) is 17.8 Å². The molecule has 20 heavy (non-hydrogen) atoms. The first-order valence-corrected chi connectivity index (χ1v) is 7.60. The first-order valence-electron chi connectivity index (χ1n) is 7.60. The van der Waals surface area contributed by atoms with Gasteiger partial charge in [0.25, 0.3) is 0 Å². The number of aromatic nitrogens is 2. The number of likely N-dealkylation sites (tertiary alicyclic amines) is 1. The number of hydrogen-bond acceptors (Lipinski definition) is 3. The van der Waals surface area contributed by atoms with Gasteiger partial charge >= 0.3 is 5.97 Å². The van der Waals surface area contributed by atoms with Crippen molar-refractivity contribution in [3.05, 3.63) is 18.2 Å². The number of carboxylic acids is 1. The van der Waals surface area contributed by atoms with Gasteiger partial charge in [0.05, 0.1) is 12.0 Å². The highest BCUT2D eigenvalue weighted by Gasteiger charge is 2.41. The molecule has 0 spiro atoms. The summed E-state index contributed by atoms with van der Waals surface area (Å²) in [5.41, 5.74) is 1.10. The number of hydrogen-bond donors (Lipinski definition) is 1. The first kappa shape index (κ1) is 13.6. The number of rotatable bonds is 3. The van der Waals surface area contributed by atoms with Crippen LogP contribution in [-0.2, 0) is 18.4 Å². The molecule has 5 heteroatoms. The van der Waals surface area contributed by atoms with Gasteiger partial charge in [-0.25, -0.2) is 4.98 Å². The van der Waals surface area contributed by atoms with Crippen molar-refractivity contribution < 1.29 is 9.90 Å². The van der Waals surface area contributed by atoms with Gasteiger partial charge in [0.2, 0.25) is 0 Å². The average Bonchev–Trinajstić information content (AvgIpc) is 2.84. The largest absolute Gasteiger partial charge is 0.480 e. The molecule has 1 aliphatic heterocycles. The fourth-order valence-corrected chi connectivity index (χ4v) is 3.95. The van der Waals surface area contributed by atoms with Crippen LogP contribution in [0.4, 0.5) is 0 Å². The predicted octanol–water partition coefficient (Wildman–Crippen LogP) is 2.03. The molecule has 0 amide bonds. The Bertz CT molecular complexity index is 485. The van der Waals surface area contributed by atoms with Crippen molar-refractivity contribution in [2.24, 2.45) is 13.0 Å². The van der Waals surface area contributed by atoms with E-state index in [4.69, 9.17) is 0 Å². The molecule has 1 aromatic rings. The van der Waals surface area contributed by atoms with Crippen molar-refractivity contribution in [1.29, 1.82) is 0 Å². The van der Waals surface area contributed by atoms with Crippen LogP contribution in [-0.4, -0.2) is 37.6 Å². The van der Waals surface area contributed by atoms with Gasteiger partial charge in [-0.3, -0.25) is 9.69 Å². The van der Waals surface area contributed by atoms with Crippen LogP contribution in [0.5, 0.6) is 0 Å². The second kappa shape index (κ2) is 5.56. The fraction of sp³-hybridized carbons (Fsp3) is 0.733. The third-order valence-electron chi connectivity index (χ3n) is 5.05. The van der Waals surface area contributed by atoms with Gasteiger partial charge in [0, 0.05) is 25.8 Å². The Kier molecular flexibility index (Phi) is 3.78. The van der Waals surface area contributed by atoms with Crippen LogP contribution in [0.3, 0.4) is 0 Å². The fourth-order valence-electron chi connectivity index (χ4n) is 3.95. The summed E-state index contributed by atoms with van der Waals surface area (Å²) < 4.78 is 1.99. The summed E-state index contributed by atoms with van der Waals surface area (Å²) >= 11 is 0. The number of carboxylic acid groups (broad SMARTS) is 1. The summed E-state index contributed by atoms with van der Waals surface area (Å²) in [4.78, 5) is 18.0. The summed E-state index contributed by atoms with van der Waals surface area (Å²) in [7, 11) is 1.97. The van der Waals surface area contributed by atoms with E-state index in [9.17, 15) is 9.90 Å². The summed E-state index contributed by atoms with van der Waals surface area (Å²) in [6.07, 6.45) is 10.4. The number of nitrogens with zero attached hydrogens (tertiary/aromatic N) is 3. The third-order valence-corrected chi connectivity index (χ3v) is 5.05. The number of piperidine rings is 1. The van der Waals surface area contributed by atoms with Gasteiger partial charge in [0.15, 0.2) is 0 Å². The van der Waals surface area contributed by atoms with Gasteiger partial charge in [-0.2, -0.15) is 0 Å². The normalized spacial score (nSPS) is 30.9. The van der Waals surface area contributed by atoms with E-state index in [0.29, 0.717) is 18.5 Å². The number of fused-ring (bicyclic) bond motifs is 1. The molecule has 3 rings (SSSR count). The number of carbonyl (C=O) groups is 1. The molecule has 1 saturated carbocycles. The van der Waals surface area contributed by atoms with E-state index >= 15 is 0 Å². The van der Waals surface area contributed by atoms with Gasteiger partial charge in [0.1, 0.15) is 6.04 Å². The molecule has 1 saturated heterocycles. The molecule has 2 heterocycles. The Balaban J connectivity index is 1.84. The van der Waals surface area contributed by atoms with Crippen molar-refractivity contribution in [2.45, 2.75) is 57.2 Å². The Morgan fingerprint density at radius 3 is 2.85 bits per heavy atom. The third kappa shape index (κ3) is 2.46. The smallest absolute Gasteiger partial charge is 0.320 e. The van der Waals surface area contributed by atoms with E-state index < -0.39 is 5.97 Å². The van der Waals surface area contributed by atoms with Crippen molar-refractivity contribution in [3.63, 3.8) is 0 Å². The zero-order chi connectivity index (χ0) is 14.1. The summed E-state index contributed by atoms with van der Waals surface area (Å²) in [6.45, 7) is 0.703. The summed E-state index contributed by atoms with van der Waals surface area (Å²) in [6, 6.07) is 0.109. The molecule has 2 aliphatic rings. The number of aliphatic carboxylic acids is 1. The summed E-state index contributed by atoms with van der Waals surface area (Å²) in [5, 5.41) is 9.53. The molecular weight excluding hydrogens is 254 g/mol. The van der Waals surface area contributed by atoms with E-state index in [0.717, 1.165) is 25.0 Å². The Labute approximate surface area is 119 Å². The average molecular weight is 277 g/mol. The highest BCUT2D eigenvalue weighted by molar-refractivity contribution is 5.73. The van der Waals surface area contributed by atoms with Crippen molar-refractivity contribution in [3.8, 4) is 0 Å². The Morgan fingerprint density at radius 1 is 1.35 bits per heavy atom. The molecule has 0 radical (unpaired) electrons. The van der Waals surface area contributed by atoms with E-state index in [2.05, 4.69) is 9.88 Å². The van der Waals surface area contributed by atoms with Crippen molar-refractivity contribution >= 4 is 5.97 Å². The minimum atomic E-state index is -0.670. The molecular formula is C15H23N3O2. The van der Waals surface area contributed by atoms with Crippen LogP contribution in [0, 0.1) is 5.92 Å². The molecule has 2 fully saturated rings. The van der Waals surface area contributed by atoms with Crippen molar-refractivity contribution in [2.75, 3.05) is 0 Å². The molecule has 3 atom stereocenters. The second-order valence-electron chi connectivity index (χ2n) is 6.21. The van der Waals surface area contributed by atoms with E-state index in [1.54, 1.807) is 6.33 Å². The minimum absolute atomic E-state index is 0.329. The van der Waals surface area contributed by atoms with Crippen LogP contribution < -0.4 is 0 Å². The van der Waals surface area contributed by atoms with Gasteiger partial charge in [-0.15, -0.1) is 0 Å². The highest BCUT2D eigenvalue weighted by Crippen LogP contribution is 2.38. The van der Waals surface area contributed by atoms with E-state index in [1.165, 1.54) is 19.3 Å². The number of aryl methyl sites for hydroxylation is 1. The maximum atomic E-state index is 11.6. The van der Waals surface area contributed by atoms with Crippen LogP contribution >= 0.6 is 0 Å². The maximum absolute atomic E-state index is 11.6. The standard InChI is InChI=1S/C15H23N3O2/c1-17-10-16-8-12(17)9-18-13-5-3-2-4-11(13)6-7-14(18)15(19)20/h8,10-11,13-14H,2-7,9H2,1H3,(H,19,20). The molecule has 1 aliphatic carbocycles. The lowest BCUT2D eigenvalue weighted by molar-refractivity contribution is -0.148. The number of imidazole rings is 1.